The molecule has 2 rings (SSSR count). The first-order valence-electron chi connectivity index (χ1n) is 9.13. The molecule has 2 unspecified atom stereocenters. The lowest BCUT2D eigenvalue weighted by Crippen LogP contribution is -2.54. The molecule has 5 nitrogen and oxygen atoms in total. The maximum absolute atomic E-state index is 12.0. The zero-order valence-corrected chi connectivity index (χ0v) is 14.2. The van der Waals surface area contributed by atoms with Crippen LogP contribution in [-0.2, 0) is 0 Å². The molecule has 0 spiro atoms. The molecule has 1 saturated carbocycles. The third kappa shape index (κ3) is 4.85. The molecule has 1 saturated heterocycles. The minimum atomic E-state index is -0.156. The second-order valence-electron chi connectivity index (χ2n) is 6.86. The van der Waals surface area contributed by atoms with Gasteiger partial charge in [-0.3, -0.25) is 4.90 Å². The summed E-state index contributed by atoms with van der Waals surface area (Å²) in [5.74, 6) is 0. The largest absolute Gasteiger partial charge is 0.391 e. The fourth-order valence-corrected chi connectivity index (χ4v) is 3.80. The molecule has 1 aliphatic heterocycles. The molecule has 0 radical (unpaired) electrons. The Labute approximate surface area is 134 Å². The van der Waals surface area contributed by atoms with Crippen LogP contribution in [0, 0.1) is 0 Å². The molecule has 2 fully saturated rings. The number of likely N-dealkylation sites (tertiary alicyclic amines) is 1. The first-order chi connectivity index (χ1) is 10.6. The van der Waals surface area contributed by atoms with Crippen LogP contribution in [-0.4, -0.2) is 53.4 Å². The van der Waals surface area contributed by atoms with E-state index >= 15 is 0 Å². The number of rotatable bonds is 5. The average molecular weight is 311 g/mol. The zero-order chi connectivity index (χ0) is 15.9. The van der Waals surface area contributed by atoms with Crippen LogP contribution in [0.25, 0.3) is 0 Å². The molecule has 2 aliphatic rings. The Balaban J connectivity index is 1.71. The number of carbonyl (C=O) groups excluding carboxylic acids is 1. The number of carbonyl (C=O) groups is 1. The van der Waals surface area contributed by atoms with Crippen molar-refractivity contribution in [3.63, 3.8) is 0 Å². The molecule has 2 atom stereocenters. The highest BCUT2D eigenvalue weighted by atomic mass is 16.3. The van der Waals surface area contributed by atoms with Crippen molar-refractivity contribution in [2.45, 2.75) is 89.4 Å². The van der Waals surface area contributed by atoms with Crippen LogP contribution in [0.1, 0.15) is 65.2 Å². The summed E-state index contributed by atoms with van der Waals surface area (Å²) in [6, 6.07) is 0.863. The molecule has 1 heterocycles. The van der Waals surface area contributed by atoms with Gasteiger partial charge in [0, 0.05) is 31.2 Å². The number of nitrogens with zero attached hydrogens (tertiary/aromatic N) is 1. The Morgan fingerprint density at radius 2 is 1.77 bits per heavy atom. The molecule has 0 aromatic heterocycles. The number of urea groups is 1. The Kier molecular flexibility index (Phi) is 6.96. The lowest BCUT2D eigenvalue weighted by Gasteiger charge is -2.41. The molecule has 128 valence electrons. The van der Waals surface area contributed by atoms with Gasteiger partial charge in [0.05, 0.1) is 6.10 Å². The van der Waals surface area contributed by atoms with Crippen LogP contribution in [0.5, 0.6) is 0 Å². The highest BCUT2D eigenvalue weighted by molar-refractivity contribution is 5.74. The van der Waals surface area contributed by atoms with Crippen molar-refractivity contribution in [1.29, 1.82) is 0 Å². The Morgan fingerprint density at radius 1 is 1.14 bits per heavy atom. The first-order valence-corrected chi connectivity index (χ1v) is 9.13. The molecular formula is C17H33N3O2. The third-order valence-electron chi connectivity index (χ3n) is 5.35. The second-order valence-corrected chi connectivity index (χ2v) is 6.86. The third-order valence-corrected chi connectivity index (χ3v) is 5.35. The minimum Gasteiger partial charge on any atom is -0.391 e. The Hall–Kier alpha value is -0.810. The highest BCUT2D eigenvalue weighted by Gasteiger charge is 2.31. The number of nitrogens with one attached hydrogen (secondary N) is 2. The monoisotopic (exact) mass is 311 g/mol. The van der Waals surface area contributed by atoms with Crippen molar-refractivity contribution in [3.05, 3.63) is 0 Å². The van der Waals surface area contributed by atoms with E-state index in [1.54, 1.807) is 0 Å². The van der Waals surface area contributed by atoms with E-state index in [1.807, 2.05) is 0 Å². The summed E-state index contributed by atoms with van der Waals surface area (Å²) < 4.78 is 0. The number of piperidine rings is 1. The van der Waals surface area contributed by atoms with Crippen LogP contribution < -0.4 is 10.6 Å². The number of aliphatic hydroxyl groups is 1. The zero-order valence-electron chi connectivity index (χ0n) is 14.2. The van der Waals surface area contributed by atoms with Crippen LogP contribution in [0.3, 0.4) is 0 Å². The second kappa shape index (κ2) is 8.73. The van der Waals surface area contributed by atoms with E-state index in [9.17, 15) is 9.90 Å². The van der Waals surface area contributed by atoms with Crippen molar-refractivity contribution in [2.75, 3.05) is 13.1 Å². The molecule has 2 amide bonds. The van der Waals surface area contributed by atoms with E-state index in [0.29, 0.717) is 6.04 Å². The molecule has 0 aromatic carbocycles. The Morgan fingerprint density at radius 3 is 2.36 bits per heavy atom. The standard InChI is InChI=1S/C17H33N3O2/c1-3-13(4-2)18-17(22)19-14-9-11-20(12-10-14)15-7-5-6-8-16(15)21/h13-16,21H,3-12H2,1-2H3,(H2,18,19,22). The Bertz CT molecular complexity index is 339. The number of hydrogen-bond acceptors (Lipinski definition) is 3. The van der Waals surface area contributed by atoms with Gasteiger partial charge in [0.15, 0.2) is 0 Å². The molecule has 0 bridgehead atoms. The molecule has 22 heavy (non-hydrogen) atoms. The van der Waals surface area contributed by atoms with E-state index in [1.165, 1.54) is 6.42 Å². The van der Waals surface area contributed by atoms with Crippen molar-refractivity contribution >= 4 is 6.03 Å². The van der Waals surface area contributed by atoms with Crippen LogP contribution in [0.4, 0.5) is 4.79 Å². The molecule has 3 N–H and O–H groups in total. The molecule has 1 aliphatic carbocycles. The summed E-state index contributed by atoms with van der Waals surface area (Å²) in [4.78, 5) is 14.4. The van der Waals surface area contributed by atoms with E-state index in [4.69, 9.17) is 0 Å². The van der Waals surface area contributed by atoms with Gasteiger partial charge in [0.25, 0.3) is 0 Å². The predicted molar refractivity (Wildman–Crippen MR) is 88.9 cm³/mol. The first kappa shape index (κ1) is 17.5. The van der Waals surface area contributed by atoms with Crippen LogP contribution in [0.2, 0.25) is 0 Å². The topological polar surface area (TPSA) is 64.6 Å². The van der Waals surface area contributed by atoms with Crippen molar-refractivity contribution < 1.29 is 9.90 Å². The van der Waals surface area contributed by atoms with E-state index < -0.39 is 0 Å². The quantitative estimate of drug-likeness (QED) is 0.729. The van der Waals surface area contributed by atoms with Gasteiger partial charge in [-0.05, 0) is 38.5 Å². The van der Waals surface area contributed by atoms with Crippen molar-refractivity contribution in [1.82, 2.24) is 15.5 Å². The lowest BCUT2D eigenvalue weighted by atomic mass is 9.89. The summed E-state index contributed by atoms with van der Waals surface area (Å²) >= 11 is 0. The number of hydrogen-bond donors (Lipinski definition) is 3. The maximum Gasteiger partial charge on any atom is 0.315 e. The summed E-state index contributed by atoms with van der Waals surface area (Å²) in [7, 11) is 0. The van der Waals surface area contributed by atoms with Gasteiger partial charge in [-0.1, -0.05) is 26.7 Å². The summed E-state index contributed by atoms with van der Waals surface area (Å²) in [5, 5.41) is 16.3. The SMILES string of the molecule is CCC(CC)NC(=O)NC1CCN(C2CCCCC2O)CC1. The van der Waals surface area contributed by atoms with E-state index in [2.05, 4.69) is 29.4 Å². The predicted octanol–water partition coefficient (Wildman–Crippen LogP) is 2.24. The van der Waals surface area contributed by atoms with Gasteiger partial charge in [0.1, 0.15) is 0 Å². The fraction of sp³-hybridized carbons (Fsp3) is 0.941. The summed E-state index contributed by atoms with van der Waals surface area (Å²) in [6.45, 7) is 6.17. The van der Waals surface area contributed by atoms with Gasteiger partial charge in [0.2, 0.25) is 0 Å². The molecule has 0 aromatic rings. The summed E-state index contributed by atoms with van der Waals surface area (Å²) in [5.41, 5.74) is 0. The fourth-order valence-electron chi connectivity index (χ4n) is 3.80. The normalized spacial score (nSPS) is 27.8. The van der Waals surface area contributed by atoms with Gasteiger partial charge >= 0.3 is 6.03 Å². The van der Waals surface area contributed by atoms with Crippen LogP contribution in [0.15, 0.2) is 0 Å². The number of amides is 2. The van der Waals surface area contributed by atoms with Crippen molar-refractivity contribution in [3.8, 4) is 0 Å². The summed E-state index contributed by atoms with van der Waals surface area (Å²) in [6.07, 6.45) is 8.22. The smallest absolute Gasteiger partial charge is 0.315 e. The van der Waals surface area contributed by atoms with Crippen LogP contribution >= 0.6 is 0 Å². The van der Waals surface area contributed by atoms with Crippen molar-refractivity contribution in [2.24, 2.45) is 0 Å². The maximum atomic E-state index is 12.0. The van der Waals surface area contributed by atoms with Gasteiger partial charge in [-0.25, -0.2) is 4.79 Å². The van der Waals surface area contributed by atoms with Gasteiger partial charge in [-0.15, -0.1) is 0 Å². The van der Waals surface area contributed by atoms with Gasteiger partial charge in [-0.2, -0.15) is 0 Å². The molecule has 5 heteroatoms. The average Bonchev–Trinajstić information content (AvgIpc) is 2.54. The van der Waals surface area contributed by atoms with E-state index in [-0.39, 0.29) is 24.2 Å². The number of aliphatic hydroxyl groups excluding tert-OH is 1. The highest BCUT2D eigenvalue weighted by Crippen LogP contribution is 2.25. The minimum absolute atomic E-state index is 0.0233. The molecular weight excluding hydrogens is 278 g/mol. The lowest BCUT2D eigenvalue weighted by molar-refractivity contribution is 0.00775. The van der Waals surface area contributed by atoms with Gasteiger partial charge < -0.3 is 15.7 Å². The van der Waals surface area contributed by atoms with E-state index in [0.717, 1.165) is 58.0 Å².